The molecule has 2 nitrogen and oxygen atoms in total. The average Bonchev–Trinajstić information content (AvgIpc) is 2.86. The molecule has 0 amide bonds. The van der Waals surface area contributed by atoms with Gasteiger partial charge in [0.2, 0.25) is 0 Å². The zero-order chi connectivity index (χ0) is 22.7. The Morgan fingerprint density at radius 2 is 1.12 bits per heavy atom. The highest BCUT2D eigenvalue weighted by Crippen LogP contribution is 2.51. The van der Waals surface area contributed by atoms with Crippen molar-refractivity contribution >= 4 is 28.8 Å². The largest absolute Gasteiger partial charge is 0.494 e. The standard InChI is InChI=1S/C30H37NOS/c1-2-3-4-5-6-7-8-9-10-15-24-32-26-22-20-25(21-23-26)31-27-16-11-13-18-29(27)33-30-19-14-12-17-28(30)31/h11-14,16-23H,2-10,15,24H2,1H3. The van der Waals surface area contributed by atoms with Gasteiger partial charge in [-0.3, -0.25) is 0 Å². The number of benzene rings is 3. The van der Waals surface area contributed by atoms with Crippen molar-refractivity contribution in [3.8, 4) is 5.75 Å². The first-order valence-electron chi connectivity index (χ1n) is 12.8. The molecule has 1 aliphatic heterocycles. The number of fused-ring (bicyclic) bond motifs is 2. The smallest absolute Gasteiger partial charge is 0.119 e. The number of para-hydroxylation sites is 2. The monoisotopic (exact) mass is 459 g/mol. The molecule has 33 heavy (non-hydrogen) atoms. The van der Waals surface area contributed by atoms with Gasteiger partial charge in [0.1, 0.15) is 5.75 Å². The van der Waals surface area contributed by atoms with E-state index in [1.54, 1.807) is 0 Å². The third-order valence-corrected chi connectivity index (χ3v) is 7.42. The Morgan fingerprint density at radius 1 is 0.606 bits per heavy atom. The fraction of sp³-hybridized carbons (Fsp3) is 0.400. The first kappa shape index (κ1) is 23.8. The average molecular weight is 460 g/mol. The SMILES string of the molecule is CCCCCCCCCCCCOc1ccc(N2c3ccccc3Sc3ccccc32)cc1. The summed E-state index contributed by atoms with van der Waals surface area (Å²) in [7, 11) is 0. The zero-order valence-corrected chi connectivity index (χ0v) is 20.8. The van der Waals surface area contributed by atoms with Gasteiger partial charge in [0.05, 0.1) is 18.0 Å². The van der Waals surface area contributed by atoms with Gasteiger partial charge in [-0.05, 0) is 55.0 Å². The van der Waals surface area contributed by atoms with Crippen LogP contribution < -0.4 is 9.64 Å². The van der Waals surface area contributed by atoms with Crippen LogP contribution in [0.2, 0.25) is 0 Å². The van der Waals surface area contributed by atoms with Crippen LogP contribution in [0.25, 0.3) is 0 Å². The number of hydrogen-bond donors (Lipinski definition) is 0. The second-order valence-corrected chi connectivity index (χ2v) is 9.98. The molecule has 0 fully saturated rings. The molecular formula is C30H37NOS. The van der Waals surface area contributed by atoms with Gasteiger partial charge in [0, 0.05) is 15.5 Å². The molecule has 0 unspecified atom stereocenters. The summed E-state index contributed by atoms with van der Waals surface area (Å²) in [6, 6.07) is 25.8. The molecule has 3 aromatic rings. The van der Waals surface area contributed by atoms with E-state index < -0.39 is 0 Å². The van der Waals surface area contributed by atoms with E-state index >= 15 is 0 Å². The van der Waals surface area contributed by atoms with E-state index in [2.05, 4.69) is 84.6 Å². The van der Waals surface area contributed by atoms with Gasteiger partial charge in [-0.1, -0.05) is 101 Å². The summed E-state index contributed by atoms with van der Waals surface area (Å²) in [5.74, 6) is 0.961. The predicted octanol–water partition coefficient (Wildman–Crippen LogP) is 9.92. The van der Waals surface area contributed by atoms with Gasteiger partial charge in [-0.25, -0.2) is 0 Å². The van der Waals surface area contributed by atoms with E-state index in [9.17, 15) is 0 Å². The molecule has 1 heterocycles. The van der Waals surface area contributed by atoms with Crippen molar-refractivity contribution in [2.75, 3.05) is 11.5 Å². The lowest BCUT2D eigenvalue weighted by Crippen LogP contribution is -2.14. The quantitative estimate of drug-likeness (QED) is 0.185. The van der Waals surface area contributed by atoms with Crippen LogP contribution in [0.3, 0.4) is 0 Å². The maximum absolute atomic E-state index is 6.04. The molecule has 0 aromatic heterocycles. The van der Waals surface area contributed by atoms with Gasteiger partial charge in [-0.15, -0.1) is 0 Å². The molecule has 0 spiro atoms. The molecule has 3 aromatic carbocycles. The maximum atomic E-state index is 6.04. The Balaban J connectivity index is 1.25. The molecule has 0 bridgehead atoms. The maximum Gasteiger partial charge on any atom is 0.119 e. The van der Waals surface area contributed by atoms with Crippen LogP contribution in [0, 0.1) is 0 Å². The van der Waals surface area contributed by atoms with Crippen molar-refractivity contribution in [2.45, 2.75) is 80.9 Å². The van der Waals surface area contributed by atoms with Gasteiger partial charge >= 0.3 is 0 Å². The van der Waals surface area contributed by atoms with Gasteiger partial charge in [0.15, 0.2) is 0 Å². The highest BCUT2D eigenvalue weighted by atomic mass is 32.2. The minimum Gasteiger partial charge on any atom is -0.494 e. The number of nitrogens with zero attached hydrogens (tertiary/aromatic N) is 1. The van der Waals surface area contributed by atoms with Crippen LogP contribution >= 0.6 is 11.8 Å². The van der Waals surface area contributed by atoms with Crippen molar-refractivity contribution in [1.29, 1.82) is 0 Å². The third-order valence-electron chi connectivity index (χ3n) is 6.29. The molecule has 0 aliphatic carbocycles. The number of anilines is 3. The Bertz CT molecular complexity index is 939. The van der Waals surface area contributed by atoms with E-state index in [1.807, 2.05) is 11.8 Å². The van der Waals surface area contributed by atoms with Crippen LogP contribution in [0.5, 0.6) is 5.75 Å². The minimum atomic E-state index is 0.807. The lowest BCUT2D eigenvalue weighted by atomic mass is 10.1. The van der Waals surface area contributed by atoms with Gasteiger partial charge in [0.25, 0.3) is 0 Å². The molecule has 4 rings (SSSR count). The topological polar surface area (TPSA) is 12.5 Å². The van der Waals surface area contributed by atoms with Crippen LogP contribution in [-0.4, -0.2) is 6.61 Å². The molecule has 0 saturated heterocycles. The van der Waals surface area contributed by atoms with E-state index in [1.165, 1.54) is 84.6 Å². The fourth-order valence-corrected chi connectivity index (χ4v) is 5.51. The van der Waals surface area contributed by atoms with Crippen molar-refractivity contribution in [3.63, 3.8) is 0 Å². The Hall–Kier alpha value is -2.39. The predicted molar refractivity (Wildman–Crippen MR) is 143 cm³/mol. The summed E-state index contributed by atoms with van der Waals surface area (Å²) in [6.07, 6.45) is 13.5. The summed E-state index contributed by atoms with van der Waals surface area (Å²) in [5.41, 5.74) is 3.64. The summed E-state index contributed by atoms with van der Waals surface area (Å²) in [4.78, 5) is 4.93. The van der Waals surface area contributed by atoms with E-state index in [-0.39, 0.29) is 0 Å². The van der Waals surface area contributed by atoms with Crippen molar-refractivity contribution in [1.82, 2.24) is 0 Å². The van der Waals surface area contributed by atoms with E-state index in [0.29, 0.717) is 0 Å². The van der Waals surface area contributed by atoms with Gasteiger partial charge in [-0.2, -0.15) is 0 Å². The third kappa shape index (κ3) is 6.57. The lowest BCUT2D eigenvalue weighted by Gasteiger charge is -2.32. The number of unbranched alkanes of at least 4 members (excludes halogenated alkanes) is 9. The van der Waals surface area contributed by atoms with E-state index in [4.69, 9.17) is 4.74 Å². The molecule has 1 aliphatic rings. The Morgan fingerprint density at radius 3 is 1.70 bits per heavy atom. The highest BCUT2D eigenvalue weighted by molar-refractivity contribution is 7.99. The molecule has 0 saturated carbocycles. The first-order chi connectivity index (χ1) is 16.4. The fourth-order valence-electron chi connectivity index (χ4n) is 4.45. The van der Waals surface area contributed by atoms with Crippen LogP contribution in [-0.2, 0) is 0 Å². The second-order valence-electron chi connectivity index (χ2n) is 8.90. The second kappa shape index (κ2) is 12.7. The first-order valence-corrected chi connectivity index (χ1v) is 13.6. The molecule has 0 radical (unpaired) electrons. The lowest BCUT2D eigenvalue weighted by molar-refractivity contribution is 0.304. The van der Waals surface area contributed by atoms with Crippen LogP contribution in [0.15, 0.2) is 82.6 Å². The summed E-state index contributed by atoms with van der Waals surface area (Å²) in [5, 5.41) is 0. The minimum absolute atomic E-state index is 0.807. The van der Waals surface area contributed by atoms with Crippen molar-refractivity contribution in [3.05, 3.63) is 72.8 Å². The molecule has 0 N–H and O–H groups in total. The molecule has 3 heteroatoms. The zero-order valence-electron chi connectivity index (χ0n) is 20.0. The van der Waals surface area contributed by atoms with Crippen LogP contribution in [0.4, 0.5) is 17.1 Å². The van der Waals surface area contributed by atoms with Crippen LogP contribution in [0.1, 0.15) is 71.1 Å². The molecule has 174 valence electrons. The Labute approximate surface area is 204 Å². The Kier molecular flexibility index (Phi) is 9.17. The number of hydrogen-bond acceptors (Lipinski definition) is 3. The normalized spacial score (nSPS) is 12.3. The molecular weight excluding hydrogens is 422 g/mol. The van der Waals surface area contributed by atoms with Gasteiger partial charge < -0.3 is 9.64 Å². The number of rotatable bonds is 13. The summed E-state index contributed by atoms with van der Waals surface area (Å²) in [6.45, 7) is 3.09. The summed E-state index contributed by atoms with van der Waals surface area (Å²) >= 11 is 1.84. The number of ether oxygens (including phenoxy) is 1. The summed E-state index contributed by atoms with van der Waals surface area (Å²) < 4.78 is 6.04. The van der Waals surface area contributed by atoms with Crippen molar-refractivity contribution in [2.24, 2.45) is 0 Å². The van der Waals surface area contributed by atoms with E-state index in [0.717, 1.165) is 18.8 Å². The molecule has 0 atom stereocenters. The van der Waals surface area contributed by atoms with Crippen molar-refractivity contribution < 1.29 is 4.74 Å². The highest BCUT2D eigenvalue weighted by Gasteiger charge is 2.23.